The first-order valence-electron chi connectivity index (χ1n) is 10.6. The van der Waals surface area contributed by atoms with Gasteiger partial charge in [-0.3, -0.25) is 9.59 Å². The van der Waals surface area contributed by atoms with E-state index >= 15 is 0 Å². The highest BCUT2D eigenvalue weighted by molar-refractivity contribution is 6.37. The van der Waals surface area contributed by atoms with Crippen LogP contribution in [-0.2, 0) is 19.1 Å². The van der Waals surface area contributed by atoms with E-state index in [0.29, 0.717) is 11.4 Å². The molecule has 0 saturated heterocycles. The van der Waals surface area contributed by atoms with Gasteiger partial charge in [-0.25, -0.2) is 0 Å². The Labute approximate surface area is 204 Å². The van der Waals surface area contributed by atoms with Crippen LogP contribution < -0.4 is 14.4 Å². The lowest BCUT2D eigenvalue weighted by Gasteiger charge is -2.24. The summed E-state index contributed by atoms with van der Waals surface area (Å²) >= 11 is 13.0. The SMILES string of the molecule is CCOC(=O)CN(CC(=O)OCC)c1cc(Cl)c(Oc2ccc(OC)c(C(C)C)c2)c(Cl)c1. The van der Waals surface area contributed by atoms with E-state index in [2.05, 4.69) is 13.8 Å². The fourth-order valence-corrected chi connectivity index (χ4v) is 3.69. The second kappa shape index (κ2) is 12.6. The van der Waals surface area contributed by atoms with Gasteiger partial charge in [-0.05, 0) is 50.1 Å². The zero-order valence-corrected chi connectivity index (χ0v) is 21.0. The molecule has 2 aromatic rings. The second-order valence-electron chi connectivity index (χ2n) is 7.37. The van der Waals surface area contributed by atoms with Crippen molar-refractivity contribution >= 4 is 40.8 Å². The number of benzene rings is 2. The number of hydrogen-bond donors (Lipinski definition) is 0. The maximum absolute atomic E-state index is 12.1. The van der Waals surface area contributed by atoms with Crippen molar-refractivity contribution in [1.82, 2.24) is 0 Å². The summed E-state index contributed by atoms with van der Waals surface area (Å²) < 4.78 is 21.4. The van der Waals surface area contributed by atoms with Gasteiger partial charge in [-0.1, -0.05) is 37.0 Å². The number of halogens is 2. The van der Waals surface area contributed by atoms with Crippen LogP contribution in [0.5, 0.6) is 17.2 Å². The average Bonchev–Trinajstić information content (AvgIpc) is 2.75. The molecule has 0 bridgehead atoms. The van der Waals surface area contributed by atoms with Crippen molar-refractivity contribution < 1.29 is 28.5 Å². The predicted molar refractivity (Wildman–Crippen MR) is 129 cm³/mol. The van der Waals surface area contributed by atoms with Crippen LogP contribution in [0.15, 0.2) is 30.3 Å². The van der Waals surface area contributed by atoms with Crippen molar-refractivity contribution in [1.29, 1.82) is 0 Å². The number of carbonyl (C=O) groups is 2. The van der Waals surface area contributed by atoms with Crippen LogP contribution in [0.25, 0.3) is 0 Å². The van der Waals surface area contributed by atoms with E-state index in [1.165, 1.54) is 4.90 Å². The van der Waals surface area contributed by atoms with Gasteiger partial charge >= 0.3 is 11.9 Å². The van der Waals surface area contributed by atoms with Gasteiger partial charge in [0.15, 0.2) is 5.75 Å². The van der Waals surface area contributed by atoms with Crippen LogP contribution >= 0.6 is 23.2 Å². The molecule has 0 amide bonds. The molecule has 0 saturated carbocycles. The Morgan fingerprint density at radius 2 is 1.48 bits per heavy atom. The van der Waals surface area contributed by atoms with Gasteiger partial charge in [0.2, 0.25) is 0 Å². The van der Waals surface area contributed by atoms with Crippen LogP contribution in [0.4, 0.5) is 5.69 Å². The third-order valence-corrected chi connectivity index (χ3v) is 5.20. The summed E-state index contributed by atoms with van der Waals surface area (Å²) in [7, 11) is 1.62. The lowest BCUT2D eigenvalue weighted by atomic mass is 10.0. The number of carbonyl (C=O) groups excluding carboxylic acids is 2. The molecule has 7 nitrogen and oxygen atoms in total. The van der Waals surface area contributed by atoms with Crippen LogP contribution in [0, 0.1) is 0 Å². The van der Waals surface area contributed by atoms with Gasteiger partial charge in [0, 0.05) is 11.3 Å². The van der Waals surface area contributed by atoms with E-state index in [-0.39, 0.29) is 48.0 Å². The largest absolute Gasteiger partial charge is 0.496 e. The summed E-state index contributed by atoms with van der Waals surface area (Å²) in [5.41, 5.74) is 1.44. The first-order valence-corrected chi connectivity index (χ1v) is 11.4. The summed E-state index contributed by atoms with van der Waals surface area (Å²) in [6.07, 6.45) is 0. The number of anilines is 1. The molecule has 180 valence electrons. The van der Waals surface area contributed by atoms with E-state index < -0.39 is 11.9 Å². The van der Waals surface area contributed by atoms with E-state index in [0.717, 1.165) is 11.3 Å². The standard InChI is InChI=1S/C24H29Cl2NO6/c1-6-31-22(28)13-27(14-23(29)32-7-2)16-10-19(25)24(20(26)11-16)33-17-8-9-21(30-5)18(12-17)15(3)4/h8-12,15H,6-7,13-14H2,1-5H3. The summed E-state index contributed by atoms with van der Waals surface area (Å²) in [6, 6.07) is 8.61. The van der Waals surface area contributed by atoms with Crippen LogP contribution in [0.3, 0.4) is 0 Å². The molecule has 0 heterocycles. The minimum Gasteiger partial charge on any atom is -0.496 e. The monoisotopic (exact) mass is 497 g/mol. The van der Waals surface area contributed by atoms with E-state index in [4.69, 9.17) is 42.1 Å². The molecule has 0 N–H and O–H groups in total. The Bertz CT molecular complexity index is 936. The first kappa shape index (κ1) is 26.6. The molecular weight excluding hydrogens is 469 g/mol. The number of ether oxygens (including phenoxy) is 4. The van der Waals surface area contributed by atoms with Crippen molar-refractivity contribution in [3.63, 3.8) is 0 Å². The fraction of sp³-hybridized carbons (Fsp3) is 0.417. The van der Waals surface area contributed by atoms with E-state index in [1.54, 1.807) is 39.2 Å². The van der Waals surface area contributed by atoms with Crippen LogP contribution in [0.2, 0.25) is 10.0 Å². The number of nitrogens with zero attached hydrogens (tertiary/aromatic N) is 1. The third-order valence-electron chi connectivity index (χ3n) is 4.64. The minimum atomic E-state index is -0.492. The molecule has 2 rings (SSSR count). The predicted octanol–water partition coefficient (Wildman–Crippen LogP) is 5.85. The summed E-state index contributed by atoms with van der Waals surface area (Å²) in [5.74, 6) is 0.803. The molecule has 0 aliphatic heterocycles. The number of methoxy groups -OCH3 is 1. The molecule has 9 heteroatoms. The van der Waals surface area contributed by atoms with Crippen molar-refractivity contribution in [3.8, 4) is 17.2 Å². The molecule has 0 fully saturated rings. The summed E-state index contributed by atoms with van der Waals surface area (Å²) in [4.78, 5) is 25.6. The topological polar surface area (TPSA) is 74.3 Å². The minimum absolute atomic E-state index is 0.171. The van der Waals surface area contributed by atoms with Crippen LogP contribution in [-0.4, -0.2) is 45.4 Å². The summed E-state index contributed by atoms with van der Waals surface area (Å²) in [5, 5.41) is 0.439. The van der Waals surface area contributed by atoms with Gasteiger partial charge in [0.1, 0.15) is 24.6 Å². The van der Waals surface area contributed by atoms with Crippen LogP contribution in [0.1, 0.15) is 39.2 Å². The Hall–Kier alpha value is -2.64. The highest BCUT2D eigenvalue weighted by Gasteiger charge is 2.21. The van der Waals surface area contributed by atoms with Crippen molar-refractivity contribution in [2.24, 2.45) is 0 Å². The second-order valence-corrected chi connectivity index (χ2v) is 8.18. The van der Waals surface area contributed by atoms with E-state index in [1.807, 2.05) is 12.1 Å². The molecular formula is C24H29Cl2NO6. The lowest BCUT2D eigenvalue weighted by Crippen LogP contribution is -2.36. The zero-order valence-electron chi connectivity index (χ0n) is 19.4. The Morgan fingerprint density at radius 1 is 0.939 bits per heavy atom. The molecule has 0 aromatic heterocycles. The molecule has 0 unspecified atom stereocenters. The van der Waals surface area contributed by atoms with Crippen molar-refractivity contribution in [2.45, 2.75) is 33.6 Å². The smallest absolute Gasteiger partial charge is 0.325 e. The molecule has 0 aliphatic carbocycles. The number of esters is 2. The quantitative estimate of drug-likeness (QED) is 0.360. The fourth-order valence-electron chi connectivity index (χ4n) is 3.13. The zero-order chi connectivity index (χ0) is 24.5. The molecule has 0 atom stereocenters. The van der Waals surface area contributed by atoms with Gasteiger partial charge in [-0.2, -0.15) is 0 Å². The molecule has 33 heavy (non-hydrogen) atoms. The first-order chi connectivity index (χ1) is 15.7. The molecule has 2 aromatic carbocycles. The highest BCUT2D eigenvalue weighted by Crippen LogP contribution is 2.41. The number of rotatable bonds is 11. The third kappa shape index (κ3) is 7.44. The maximum Gasteiger partial charge on any atom is 0.325 e. The molecule has 0 radical (unpaired) electrons. The summed E-state index contributed by atoms with van der Waals surface area (Å²) in [6.45, 7) is 7.62. The Kier molecular flexibility index (Phi) is 10.1. The highest BCUT2D eigenvalue weighted by atomic mass is 35.5. The van der Waals surface area contributed by atoms with E-state index in [9.17, 15) is 9.59 Å². The van der Waals surface area contributed by atoms with Crippen molar-refractivity contribution in [2.75, 3.05) is 38.3 Å². The van der Waals surface area contributed by atoms with Gasteiger partial charge in [0.25, 0.3) is 0 Å². The van der Waals surface area contributed by atoms with Gasteiger partial charge in [0.05, 0.1) is 30.4 Å². The Morgan fingerprint density at radius 3 is 1.94 bits per heavy atom. The average molecular weight is 498 g/mol. The molecule has 0 aliphatic rings. The molecule has 0 spiro atoms. The van der Waals surface area contributed by atoms with Gasteiger partial charge < -0.3 is 23.8 Å². The number of hydrogen-bond acceptors (Lipinski definition) is 7. The van der Waals surface area contributed by atoms with Gasteiger partial charge in [-0.15, -0.1) is 0 Å². The lowest BCUT2D eigenvalue weighted by molar-refractivity contribution is -0.142. The normalized spacial score (nSPS) is 10.7. The van der Waals surface area contributed by atoms with Crippen molar-refractivity contribution in [3.05, 3.63) is 45.9 Å². The Balaban J connectivity index is 2.35. The maximum atomic E-state index is 12.1.